The molecule has 0 spiro atoms. The number of hydrogen-bond donors (Lipinski definition) is 1. The van der Waals surface area contributed by atoms with Crippen LogP contribution in [-0.2, 0) is 4.79 Å². The Morgan fingerprint density at radius 1 is 1.06 bits per heavy atom. The normalized spacial score (nSPS) is 15.1. The monoisotopic (exact) mass is 480 g/mol. The van der Waals surface area contributed by atoms with Gasteiger partial charge in [-0.15, -0.1) is 5.10 Å². The molecule has 2 amide bonds. The van der Waals surface area contributed by atoms with E-state index in [-0.39, 0.29) is 11.9 Å². The fourth-order valence-corrected chi connectivity index (χ4v) is 4.94. The maximum atomic E-state index is 14.7. The van der Waals surface area contributed by atoms with Gasteiger partial charge in [0.05, 0.1) is 5.69 Å². The largest absolute Gasteiger partial charge is 0.351 e. The van der Waals surface area contributed by atoms with Crippen LogP contribution in [-0.4, -0.2) is 27.4 Å². The topological polar surface area (TPSA) is 75.2 Å². The van der Waals surface area contributed by atoms with E-state index in [4.69, 9.17) is 0 Å². The third kappa shape index (κ3) is 5.17. The van der Waals surface area contributed by atoms with Crippen LogP contribution in [0.25, 0.3) is 0 Å². The van der Waals surface area contributed by atoms with Crippen LogP contribution in [0.4, 0.5) is 10.1 Å². The molecule has 1 aromatic heterocycles. The van der Waals surface area contributed by atoms with E-state index in [1.54, 1.807) is 26.0 Å². The smallest absolute Gasteiger partial charge is 0.272 e. The van der Waals surface area contributed by atoms with Gasteiger partial charge in [-0.1, -0.05) is 59.6 Å². The van der Waals surface area contributed by atoms with Crippen molar-refractivity contribution >= 4 is 29.0 Å². The van der Waals surface area contributed by atoms with Crippen LogP contribution in [0.1, 0.15) is 70.2 Å². The Kier molecular flexibility index (Phi) is 7.36. The summed E-state index contributed by atoms with van der Waals surface area (Å²) in [6, 6.07) is 11.2. The lowest BCUT2D eigenvalue weighted by Gasteiger charge is -2.33. The van der Waals surface area contributed by atoms with Gasteiger partial charge >= 0.3 is 0 Å². The highest BCUT2D eigenvalue weighted by atomic mass is 32.1. The molecule has 1 fully saturated rings. The predicted molar refractivity (Wildman–Crippen MR) is 132 cm³/mol. The predicted octanol–water partition coefficient (Wildman–Crippen LogP) is 5.44. The van der Waals surface area contributed by atoms with E-state index in [1.165, 1.54) is 17.4 Å². The second-order valence-corrected chi connectivity index (χ2v) is 9.71. The molecule has 1 heterocycles. The van der Waals surface area contributed by atoms with E-state index in [0.717, 1.165) is 42.8 Å². The van der Waals surface area contributed by atoms with Crippen molar-refractivity contribution in [3.8, 4) is 0 Å². The molecule has 1 aliphatic carbocycles. The number of carbonyl (C=O) groups is 2. The third-order valence-corrected chi connectivity index (χ3v) is 7.17. The molecule has 2 aromatic carbocycles. The highest BCUT2D eigenvalue weighted by molar-refractivity contribution is 7.08. The summed E-state index contributed by atoms with van der Waals surface area (Å²) >= 11 is 0.973. The standard InChI is InChI=1S/C26H29FN4O2S/c1-16-9-12-19(13-10-16)23(25(32)28-20-7-5-4-6-8-20)31(21-14-11-17(2)22(27)15-21)26(33)24-18(3)29-30-34-24/h9-15,20,23H,4-8H2,1-3H3,(H,28,32). The number of aromatic nitrogens is 2. The first-order chi connectivity index (χ1) is 16.3. The quantitative estimate of drug-likeness (QED) is 0.510. The molecular weight excluding hydrogens is 451 g/mol. The van der Waals surface area contributed by atoms with Gasteiger partial charge in [-0.05, 0) is 68.4 Å². The fourth-order valence-electron chi connectivity index (χ4n) is 4.35. The van der Waals surface area contributed by atoms with Gasteiger partial charge in [-0.3, -0.25) is 14.5 Å². The molecule has 178 valence electrons. The number of nitrogens with zero attached hydrogens (tertiary/aromatic N) is 3. The number of hydrogen-bond acceptors (Lipinski definition) is 5. The lowest BCUT2D eigenvalue weighted by Crippen LogP contribution is -2.47. The Hall–Kier alpha value is -3.13. The van der Waals surface area contributed by atoms with Crippen LogP contribution in [0.2, 0.25) is 0 Å². The number of halogens is 1. The second kappa shape index (κ2) is 10.4. The zero-order chi connectivity index (χ0) is 24.2. The third-order valence-electron chi connectivity index (χ3n) is 6.35. The fraction of sp³-hybridized carbons (Fsp3) is 0.385. The van der Waals surface area contributed by atoms with Gasteiger partial charge in [0.25, 0.3) is 5.91 Å². The lowest BCUT2D eigenvalue weighted by molar-refractivity contribution is -0.123. The SMILES string of the molecule is Cc1ccc(C(C(=O)NC2CCCCC2)N(C(=O)c2snnc2C)c2ccc(C)c(F)c2)cc1. The molecule has 3 aromatic rings. The molecule has 0 radical (unpaired) electrons. The number of aryl methyl sites for hydroxylation is 3. The first kappa shape index (κ1) is 24.0. The Labute approximate surface area is 203 Å². The van der Waals surface area contributed by atoms with Crippen LogP contribution in [0, 0.1) is 26.6 Å². The average molecular weight is 481 g/mol. The molecule has 1 atom stereocenters. The molecule has 1 saturated carbocycles. The van der Waals surface area contributed by atoms with E-state index >= 15 is 0 Å². The Morgan fingerprint density at radius 2 is 1.76 bits per heavy atom. The molecule has 0 aliphatic heterocycles. The summed E-state index contributed by atoms with van der Waals surface area (Å²) in [5.41, 5.74) is 2.94. The molecule has 6 nitrogen and oxygen atoms in total. The van der Waals surface area contributed by atoms with Crippen LogP contribution in [0.3, 0.4) is 0 Å². The highest BCUT2D eigenvalue weighted by Crippen LogP contribution is 2.33. The number of carbonyl (C=O) groups excluding carboxylic acids is 2. The van der Waals surface area contributed by atoms with Crippen molar-refractivity contribution in [3.63, 3.8) is 0 Å². The number of rotatable bonds is 6. The summed E-state index contributed by atoms with van der Waals surface area (Å²) in [6.45, 7) is 5.33. The highest BCUT2D eigenvalue weighted by Gasteiger charge is 2.36. The second-order valence-electron chi connectivity index (χ2n) is 8.95. The number of benzene rings is 2. The first-order valence-electron chi connectivity index (χ1n) is 11.6. The van der Waals surface area contributed by atoms with E-state index in [1.807, 2.05) is 31.2 Å². The van der Waals surface area contributed by atoms with E-state index in [2.05, 4.69) is 14.9 Å². The molecule has 1 aliphatic rings. The van der Waals surface area contributed by atoms with Crippen LogP contribution in [0.15, 0.2) is 42.5 Å². The van der Waals surface area contributed by atoms with Crippen molar-refractivity contribution < 1.29 is 14.0 Å². The maximum Gasteiger partial charge on any atom is 0.272 e. The van der Waals surface area contributed by atoms with Crippen molar-refractivity contribution in [2.75, 3.05) is 4.90 Å². The minimum Gasteiger partial charge on any atom is -0.351 e. The summed E-state index contributed by atoms with van der Waals surface area (Å²) in [4.78, 5) is 29.4. The number of anilines is 1. The summed E-state index contributed by atoms with van der Waals surface area (Å²) in [5.74, 6) is -1.15. The number of nitrogens with one attached hydrogen (secondary N) is 1. The van der Waals surface area contributed by atoms with Gasteiger partial charge in [-0.2, -0.15) is 0 Å². The van der Waals surface area contributed by atoms with Crippen LogP contribution >= 0.6 is 11.5 Å². The Balaban J connectivity index is 1.82. The molecule has 0 bridgehead atoms. The maximum absolute atomic E-state index is 14.7. The summed E-state index contributed by atoms with van der Waals surface area (Å²) in [7, 11) is 0. The molecule has 0 saturated heterocycles. The summed E-state index contributed by atoms with van der Waals surface area (Å²) in [5, 5.41) is 7.14. The van der Waals surface area contributed by atoms with E-state index in [9.17, 15) is 14.0 Å². The van der Waals surface area contributed by atoms with Crippen LogP contribution < -0.4 is 10.2 Å². The molecule has 8 heteroatoms. The minimum atomic E-state index is -0.973. The average Bonchev–Trinajstić information content (AvgIpc) is 3.26. The van der Waals surface area contributed by atoms with Crippen molar-refractivity contribution in [2.24, 2.45) is 0 Å². The van der Waals surface area contributed by atoms with Gasteiger partial charge in [0.1, 0.15) is 16.7 Å². The van der Waals surface area contributed by atoms with Crippen LogP contribution in [0.5, 0.6) is 0 Å². The van der Waals surface area contributed by atoms with E-state index < -0.39 is 17.8 Å². The zero-order valence-corrected chi connectivity index (χ0v) is 20.5. The van der Waals surface area contributed by atoms with Crippen molar-refractivity contribution in [2.45, 2.75) is 65.0 Å². The van der Waals surface area contributed by atoms with Gasteiger partial charge in [0.15, 0.2) is 0 Å². The molecule has 1 unspecified atom stereocenters. The van der Waals surface area contributed by atoms with Crippen molar-refractivity contribution in [1.29, 1.82) is 0 Å². The minimum absolute atomic E-state index is 0.0627. The molecule has 4 rings (SSSR count). The summed E-state index contributed by atoms with van der Waals surface area (Å²) < 4.78 is 18.6. The molecular formula is C26H29FN4O2S. The number of amides is 2. The zero-order valence-electron chi connectivity index (χ0n) is 19.7. The van der Waals surface area contributed by atoms with E-state index in [0.29, 0.717) is 27.4 Å². The van der Waals surface area contributed by atoms with Gasteiger partial charge in [0.2, 0.25) is 5.91 Å². The lowest BCUT2D eigenvalue weighted by atomic mass is 9.94. The van der Waals surface area contributed by atoms with Crippen molar-refractivity contribution in [1.82, 2.24) is 14.9 Å². The van der Waals surface area contributed by atoms with Crippen molar-refractivity contribution in [3.05, 3.63) is 75.5 Å². The molecule has 1 N–H and O–H groups in total. The summed E-state index contributed by atoms with van der Waals surface area (Å²) in [6.07, 6.45) is 5.13. The molecule has 34 heavy (non-hydrogen) atoms. The Morgan fingerprint density at radius 3 is 2.38 bits per heavy atom. The Bertz CT molecular complexity index is 1170. The first-order valence-corrected chi connectivity index (χ1v) is 12.4. The van der Waals surface area contributed by atoms with Gasteiger partial charge < -0.3 is 5.32 Å². The van der Waals surface area contributed by atoms with Gasteiger partial charge in [0, 0.05) is 11.7 Å². The van der Waals surface area contributed by atoms with Gasteiger partial charge in [-0.25, -0.2) is 4.39 Å².